The van der Waals surface area contributed by atoms with E-state index in [2.05, 4.69) is 25.6 Å². The highest BCUT2D eigenvalue weighted by molar-refractivity contribution is 14.0. The van der Waals surface area contributed by atoms with Crippen molar-refractivity contribution in [2.75, 3.05) is 20.2 Å². The summed E-state index contributed by atoms with van der Waals surface area (Å²) in [5.41, 5.74) is 2.17. The van der Waals surface area contributed by atoms with Gasteiger partial charge in [0.2, 0.25) is 5.88 Å². The van der Waals surface area contributed by atoms with Crippen LogP contribution in [0.25, 0.3) is 0 Å². The topological polar surface area (TPSA) is 71.4 Å². The lowest BCUT2D eigenvalue weighted by molar-refractivity contribution is 0.397. The molecule has 0 aliphatic carbocycles. The Morgan fingerprint density at radius 3 is 2.72 bits per heavy atom. The van der Waals surface area contributed by atoms with Gasteiger partial charge in [0.15, 0.2) is 5.96 Å². The number of hydrogen-bond acceptors (Lipinski definition) is 4. The van der Waals surface area contributed by atoms with Crippen LogP contribution in [0.5, 0.6) is 5.88 Å². The zero-order valence-corrected chi connectivity index (χ0v) is 17.4. The summed E-state index contributed by atoms with van der Waals surface area (Å²) < 4.78 is 5.13. The van der Waals surface area contributed by atoms with Crippen LogP contribution in [0.2, 0.25) is 5.15 Å². The largest absolute Gasteiger partial charge is 0.481 e. The molecule has 0 bridgehead atoms. The standard InChI is InChI=1S/C17H22ClN5O.HI/c1-3-19-17(21-9-6-13-4-5-15(18)22-11-13)23-12-14-7-8-20-16(10-14)24-2;/h4-5,7-8,10-11H,3,6,9,12H2,1-2H3,(H2,19,21,23);1H. The molecule has 2 heterocycles. The average molecular weight is 476 g/mol. The minimum Gasteiger partial charge on any atom is -0.481 e. The maximum Gasteiger partial charge on any atom is 0.213 e. The van der Waals surface area contributed by atoms with E-state index in [0.717, 1.165) is 36.6 Å². The zero-order valence-electron chi connectivity index (χ0n) is 14.3. The van der Waals surface area contributed by atoms with Crippen LogP contribution in [0.1, 0.15) is 18.1 Å². The van der Waals surface area contributed by atoms with Crippen molar-refractivity contribution in [1.82, 2.24) is 20.6 Å². The van der Waals surface area contributed by atoms with Crippen LogP contribution in [0.4, 0.5) is 0 Å². The van der Waals surface area contributed by atoms with E-state index in [0.29, 0.717) is 17.6 Å². The first-order valence-electron chi connectivity index (χ1n) is 7.82. The first-order valence-corrected chi connectivity index (χ1v) is 8.20. The van der Waals surface area contributed by atoms with Crippen molar-refractivity contribution >= 4 is 41.5 Å². The third-order valence-corrected chi connectivity index (χ3v) is 3.49. The molecule has 0 amide bonds. The summed E-state index contributed by atoms with van der Waals surface area (Å²) in [6, 6.07) is 7.58. The maximum absolute atomic E-state index is 5.79. The Bertz CT molecular complexity index is 666. The molecule has 0 radical (unpaired) electrons. The summed E-state index contributed by atoms with van der Waals surface area (Å²) in [5, 5.41) is 7.05. The lowest BCUT2D eigenvalue weighted by atomic mass is 10.2. The Hall–Kier alpha value is -1.61. The molecule has 0 aliphatic heterocycles. The highest BCUT2D eigenvalue weighted by atomic mass is 127. The molecule has 0 aliphatic rings. The van der Waals surface area contributed by atoms with E-state index in [9.17, 15) is 0 Å². The molecule has 2 aromatic heterocycles. The van der Waals surface area contributed by atoms with Crippen LogP contribution < -0.4 is 15.4 Å². The molecular weight excluding hydrogens is 453 g/mol. The normalized spacial score (nSPS) is 10.8. The van der Waals surface area contributed by atoms with Gasteiger partial charge in [0.05, 0.1) is 13.7 Å². The Labute approximate surface area is 170 Å². The summed E-state index contributed by atoms with van der Waals surface area (Å²) in [5.74, 6) is 1.37. The molecule has 2 rings (SSSR count). The fourth-order valence-electron chi connectivity index (χ4n) is 2.05. The van der Waals surface area contributed by atoms with Crippen LogP contribution in [0.15, 0.2) is 41.7 Å². The number of aliphatic imine (C=N–C) groups is 1. The molecule has 136 valence electrons. The van der Waals surface area contributed by atoms with E-state index >= 15 is 0 Å². The van der Waals surface area contributed by atoms with E-state index in [1.54, 1.807) is 25.6 Å². The number of halogens is 2. The SMILES string of the molecule is CCNC(=NCc1ccnc(OC)c1)NCCc1ccc(Cl)nc1.I. The van der Waals surface area contributed by atoms with Gasteiger partial charge in [-0.25, -0.2) is 15.0 Å². The zero-order chi connectivity index (χ0) is 17.2. The molecular formula is C17H23ClIN5O. The maximum atomic E-state index is 5.79. The molecule has 0 unspecified atom stereocenters. The lowest BCUT2D eigenvalue weighted by Crippen LogP contribution is -2.38. The fourth-order valence-corrected chi connectivity index (χ4v) is 2.16. The Morgan fingerprint density at radius 2 is 2.04 bits per heavy atom. The number of rotatable bonds is 7. The first kappa shape index (κ1) is 21.4. The number of nitrogens with one attached hydrogen (secondary N) is 2. The quantitative estimate of drug-likeness (QED) is 0.279. The third-order valence-electron chi connectivity index (χ3n) is 3.27. The Kier molecular flexibility index (Phi) is 10.2. The van der Waals surface area contributed by atoms with Crippen molar-refractivity contribution in [3.8, 4) is 5.88 Å². The van der Waals surface area contributed by atoms with Crippen molar-refractivity contribution in [1.29, 1.82) is 0 Å². The molecule has 6 nitrogen and oxygen atoms in total. The van der Waals surface area contributed by atoms with Gasteiger partial charge in [0, 0.05) is 31.5 Å². The molecule has 0 atom stereocenters. The number of aromatic nitrogens is 2. The van der Waals surface area contributed by atoms with Gasteiger partial charge in [0.1, 0.15) is 5.15 Å². The summed E-state index contributed by atoms with van der Waals surface area (Å²) in [6.07, 6.45) is 4.35. The second kappa shape index (κ2) is 11.9. The minimum atomic E-state index is 0. The summed E-state index contributed by atoms with van der Waals surface area (Å²) >= 11 is 5.79. The van der Waals surface area contributed by atoms with E-state index in [1.165, 1.54) is 0 Å². The van der Waals surface area contributed by atoms with Crippen molar-refractivity contribution < 1.29 is 4.74 Å². The number of pyridine rings is 2. The molecule has 0 saturated heterocycles. The van der Waals surface area contributed by atoms with Gasteiger partial charge in [0.25, 0.3) is 0 Å². The summed E-state index contributed by atoms with van der Waals surface area (Å²) in [4.78, 5) is 12.8. The summed E-state index contributed by atoms with van der Waals surface area (Å²) in [6.45, 7) is 4.15. The van der Waals surface area contributed by atoms with Gasteiger partial charge in [-0.1, -0.05) is 17.7 Å². The van der Waals surface area contributed by atoms with Gasteiger partial charge in [-0.2, -0.15) is 0 Å². The van der Waals surface area contributed by atoms with Crippen LogP contribution in [0.3, 0.4) is 0 Å². The minimum absolute atomic E-state index is 0. The van der Waals surface area contributed by atoms with Gasteiger partial charge in [-0.3, -0.25) is 0 Å². The predicted octanol–water partition coefficient (Wildman–Crippen LogP) is 3.05. The van der Waals surface area contributed by atoms with Crippen molar-refractivity contribution in [2.45, 2.75) is 19.9 Å². The number of hydrogen-bond donors (Lipinski definition) is 2. The number of ether oxygens (including phenoxy) is 1. The van der Waals surface area contributed by atoms with Crippen LogP contribution in [-0.2, 0) is 13.0 Å². The van der Waals surface area contributed by atoms with E-state index in [4.69, 9.17) is 16.3 Å². The highest BCUT2D eigenvalue weighted by Gasteiger charge is 2.00. The van der Waals surface area contributed by atoms with Crippen molar-refractivity contribution in [3.05, 3.63) is 52.9 Å². The summed E-state index contributed by atoms with van der Waals surface area (Å²) in [7, 11) is 1.60. The molecule has 0 fully saturated rings. The van der Waals surface area contributed by atoms with Crippen LogP contribution in [0, 0.1) is 0 Å². The van der Waals surface area contributed by atoms with Gasteiger partial charge in [-0.05, 0) is 36.6 Å². The van der Waals surface area contributed by atoms with Crippen molar-refractivity contribution in [3.63, 3.8) is 0 Å². The lowest BCUT2D eigenvalue weighted by Gasteiger charge is -2.11. The van der Waals surface area contributed by atoms with Crippen molar-refractivity contribution in [2.24, 2.45) is 4.99 Å². The number of guanidine groups is 1. The highest BCUT2D eigenvalue weighted by Crippen LogP contribution is 2.09. The number of nitrogens with zero attached hydrogens (tertiary/aromatic N) is 3. The third kappa shape index (κ3) is 7.87. The van der Waals surface area contributed by atoms with Crippen LogP contribution >= 0.6 is 35.6 Å². The first-order chi connectivity index (χ1) is 11.7. The van der Waals surface area contributed by atoms with E-state index in [1.807, 2.05) is 25.1 Å². The average Bonchev–Trinajstić information content (AvgIpc) is 2.61. The second-order valence-electron chi connectivity index (χ2n) is 5.07. The molecule has 0 saturated carbocycles. The van der Waals surface area contributed by atoms with E-state index < -0.39 is 0 Å². The van der Waals surface area contributed by atoms with Crippen LogP contribution in [-0.4, -0.2) is 36.1 Å². The molecule has 0 aromatic carbocycles. The Balaban J connectivity index is 0.00000312. The second-order valence-corrected chi connectivity index (χ2v) is 5.45. The monoisotopic (exact) mass is 475 g/mol. The molecule has 0 spiro atoms. The predicted molar refractivity (Wildman–Crippen MR) is 112 cm³/mol. The molecule has 25 heavy (non-hydrogen) atoms. The molecule has 2 aromatic rings. The van der Waals surface area contributed by atoms with E-state index in [-0.39, 0.29) is 24.0 Å². The number of methoxy groups -OCH3 is 1. The molecule has 2 N–H and O–H groups in total. The van der Waals surface area contributed by atoms with Gasteiger partial charge >= 0.3 is 0 Å². The molecule has 8 heteroatoms. The smallest absolute Gasteiger partial charge is 0.213 e. The van der Waals surface area contributed by atoms with Gasteiger partial charge < -0.3 is 15.4 Å². The Morgan fingerprint density at radius 1 is 1.20 bits per heavy atom. The fraction of sp³-hybridized carbons (Fsp3) is 0.353. The van der Waals surface area contributed by atoms with Gasteiger partial charge in [-0.15, -0.1) is 24.0 Å².